The van der Waals surface area contributed by atoms with E-state index in [9.17, 15) is 48.2 Å². The zero-order valence-corrected chi connectivity index (χ0v) is 50.7. The Bertz CT molecular complexity index is 2910. The first kappa shape index (κ1) is 66.6. The molecule has 2 saturated heterocycles. The third kappa shape index (κ3) is 18.0. The number of fused-ring (bicyclic) bond motifs is 6. The molecule has 458 valence electrons. The number of aliphatic hydroxyl groups is 1. The summed E-state index contributed by atoms with van der Waals surface area (Å²) in [5.41, 5.74) is 1.81. The van der Waals surface area contributed by atoms with Crippen LogP contribution in [0.2, 0.25) is 5.02 Å². The fraction of sp³-hybridized carbons (Fsp3) is 0.586. The predicted molar refractivity (Wildman–Crippen MR) is 308 cm³/mol. The number of anilines is 1. The van der Waals surface area contributed by atoms with Crippen LogP contribution in [0.15, 0.2) is 66.3 Å². The number of phosphoric acid groups is 1. The molecule has 3 aliphatic heterocycles. The van der Waals surface area contributed by atoms with Gasteiger partial charge in [0.15, 0.2) is 5.72 Å². The van der Waals surface area contributed by atoms with Gasteiger partial charge in [-0.05, 0) is 82.4 Å². The Hall–Kier alpha value is -5.56. The van der Waals surface area contributed by atoms with Crippen LogP contribution < -0.4 is 15.5 Å². The van der Waals surface area contributed by atoms with Crippen molar-refractivity contribution in [2.45, 2.75) is 135 Å². The first-order valence-corrected chi connectivity index (χ1v) is 29.8. The van der Waals surface area contributed by atoms with Crippen molar-refractivity contribution in [1.29, 1.82) is 0 Å². The number of benzene rings is 2. The number of hydrogen-bond donors (Lipinski definition) is 5. The molecule has 1 aromatic heterocycles. The van der Waals surface area contributed by atoms with Crippen molar-refractivity contribution in [3.8, 4) is 0 Å². The van der Waals surface area contributed by atoms with Crippen LogP contribution in [-0.4, -0.2) is 181 Å². The molecule has 3 aliphatic rings. The van der Waals surface area contributed by atoms with E-state index in [0.717, 1.165) is 39.8 Å². The van der Waals surface area contributed by atoms with Crippen molar-refractivity contribution in [3.05, 3.63) is 88.1 Å². The second-order valence-electron chi connectivity index (χ2n) is 21.9. The number of nitrogens with one attached hydrogen (secondary N) is 2. The number of aryl methyl sites for hydroxylation is 2. The number of halogens is 1. The van der Waals surface area contributed by atoms with E-state index in [1.165, 1.54) is 30.9 Å². The quantitative estimate of drug-likeness (QED) is 0.0301. The van der Waals surface area contributed by atoms with E-state index in [-0.39, 0.29) is 70.9 Å². The molecule has 1 unspecified atom stereocenters. The summed E-state index contributed by atoms with van der Waals surface area (Å²) >= 11 is 6.83. The van der Waals surface area contributed by atoms with Gasteiger partial charge in [-0.25, -0.2) is 14.2 Å². The summed E-state index contributed by atoms with van der Waals surface area (Å²) in [5, 5.41) is 18.4. The average molecular weight is 1200 g/mol. The molecule has 0 aliphatic carbocycles. The largest absolute Gasteiger partial charge is 0.469 e. The number of nitrogens with zero attached hydrogens (tertiary/aromatic N) is 4. The normalized spacial score (nSPS) is 24.9. The summed E-state index contributed by atoms with van der Waals surface area (Å²) in [6.45, 7) is 12.1. The number of Topliss-reactive ketones (excluding diaryl/α,β-unsaturated/α-hetero) is 1. The van der Waals surface area contributed by atoms with Gasteiger partial charge in [-0.3, -0.25) is 29.0 Å². The maximum absolute atomic E-state index is 14.3. The summed E-state index contributed by atoms with van der Waals surface area (Å²) in [7, 11) is 1.49. The first-order valence-electron chi connectivity index (χ1n) is 27.9. The highest BCUT2D eigenvalue weighted by Crippen LogP contribution is 2.49. The van der Waals surface area contributed by atoms with Gasteiger partial charge in [0.05, 0.1) is 68.6 Å². The second kappa shape index (κ2) is 29.5. The van der Waals surface area contributed by atoms with Crippen LogP contribution in [0.1, 0.15) is 83.5 Å². The molecule has 2 aromatic carbocycles. The van der Waals surface area contributed by atoms with E-state index < -0.39 is 97.8 Å². The van der Waals surface area contributed by atoms with Gasteiger partial charge in [0, 0.05) is 77.2 Å². The number of aromatic nitrogens is 1. The Labute approximate surface area is 490 Å². The van der Waals surface area contributed by atoms with Crippen molar-refractivity contribution in [3.63, 3.8) is 0 Å². The highest BCUT2D eigenvalue weighted by molar-refractivity contribution is 7.46. The Morgan fingerprint density at radius 2 is 1.75 bits per heavy atom. The van der Waals surface area contributed by atoms with Crippen LogP contribution in [0.25, 0.3) is 10.9 Å². The molecule has 0 radical (unpaired) electrons. The van der Waals surface area contributed by atoms with Crippen molar-refractivity contribution < 1.29 is 81.2 Å². The molecule has 6 rings (SSSR count). The van der Waals surface area contributed by atoms with E-state index >= 15 is 0 Å². The lowest BCUT2D eigenvalue weighted by atomic mass is 9.83. The number of hydrogen-bond acceptors (Lipinski definition) is 16. The van der Waals surface area contributed by atoms with Crippen molar-refractivity contribution in [1.82, 2.24) is 25.0 Å². The maximum Gasteiger partial charge on any atom is 0.469 e. The lowest BCUT2D eigenvalue weighted by molar-refractivity contribution is -0.162. The average Bonchev–Trinajstić information content (AvgIpc) is 2.92. The number of rotatable bonds is 25. The van der Waals surface area contributed by atoms with Crippen molar-refractivity contribution >= 4 is 71.6 Å². The smallest absolute Gasteiger partial charge is 0.457 e. The Kier molecular flexibility index (Phi) is 23.7. The van der Waals surface area contributed by atoms with Crippen molar-refractivity contribution in [2.75, 3.05) is 79.3 Å². The van der Waals surface area contributed by atoms with E-state index in [1.54, 1.807) is 33.0 Å². The summed E-state index contributed by atoms with van der Waals surface area (Å²) in [6.07, 6.45) is 0.229. The van der Waals surface area contributed by atoms with E-state index in [1.807, 2.05) is 63.4 Å². The van der Waals surface area contributed by atoms with Crippen LogP contribution >= 0.6 is 19.4 Å². The molecule has 4 heterocycles. The molecule has 0 saturated carbocycles. The van der Waals surface area contributed by atoms with Gasteiger partial charge in [-0.15, -0.1) is 0 Å². The topological polar surface area (TPSA) is 287 Å². The fourth-order valence-corrected chi connectivity index (χ4v) is 11.0. The maximum atomic E-state index is 14.3. The molecule has 9 atom stereocenters. The van der Waals surface area contributed by atoms with Gasteiger partial charge in [0.2, 0.25) is 17.7 Å². The van der Waals surface area contributed by atoms with Crippen LogP contribution in [0.4, 0.5) is 10.5 Å². The molecule has 83 heavy (non-hydrogen) atoms. The minimum atomic E-state index is -4.95. The minimum absolute atomic E-state index is 0.00196. The minimum Gasteiger partial charge on any atom is -0.457 e. The molecular formula is C58H82ClN6O17P. The SMILES string of the molecule is CCN(C)Cc1cc2ccccc2n1CCC(=O)C[C@@H](COP(=O)(O)O)C(=O)NCCOCCOCCC(=O)N(C)[C@@H](C)C(=O)O[C@H]1CC(=O)N(C)c2cc(cc(C)c2Cl)C/C(C)=C/C=C/[C@@H](OC)[C@]2(O)C[C@H](OC(=O)N2)[C@@H](C)C2O[C@]21C. The number of phosphoric ester groups is 1. The fourth-order valence-electron chi connectivity index (χ4n) is 10.4. The monoisotopic (exact) mass is 1200 g/mol. The first-order chi connectivity index (χ1) is 39.2. The lowest BCUT2D eigenvalue weighted by Crippen LogP contribution is -2.63. The Balaban J connectivity index is 0.997. The number of epoxide rings is 1. The van der Waals surface area contributed by atoms with Crippen LogP contribution in [-0.2, 0) is 81.0 Å². The van der Waals surface area contributed by atoms with Crippen molar-refractivity contribution in [2.24, 2.45) is 11.8 Å². The lowest BCUT2D eigenvalue weighted by Gasteiger charge is -2.42. The van der Waals surface area contributed by atoms with E-state index in [0.29, 0.717) is 30.2 Å². The molecule has 0 spiro atoms. The van der Waals surface area contributed by atoms with Gasteiger partial charge in [-0.2, -0.15) is 0 Å². The zero-order valence-electron chi connectivity index (χ0n) is 49.1. The van der Waals surface area contributed by atoms with Gasteiger partial charge in [0.1, 0.15) is 35.7 Å². The number of methoxy groups -OCH3 is 1. The zero-order chi connectivity index (χ0) is 61.0. The number of ketones is 1. The Morgan fingerprint density at radius 3 is 2.45 bits per heavy atom. The van der Waals surface area contributed by atoms with Gasteiger partial charge in [0.25, 0.3) is 0 Å². The second-order valence-corrected chi connectivity index (χ2v) is 23.6. The van der Waals surface area contributed by atoms with Crippen LogP contribution in [0.3, 0.4) is 0 Å². The van der Waals surface area contributed by atoms with Gasteiger partial charge < -0.3 is 67.9 Å². The van der Waals surface area contributed by atoms with Gasteiger partial charge >= 0.3 is 19.9 Å². The molecule has 4 amide bonds. The number of alkyl carbamates (subject to hydrolysis) is 1. The molecular weight excluding hydrogens is 1120 g/mol. The third-order valence-electron chi connectivity index (χ3n) is 15.7. The summed E-state index contributed by atoms with van der Waals surface area (Å²) in [5.74, 6) is -4.42. The standard InChI is InChI=1S/C58H82ClN6O17P/c1-11-62(7)34-43-30-41-16-12-13-17-45(41)65(43)22-19-44(66)31-42(35-79-83(73,74)75)54(69)60-21-24-78-26-25-77-23-20-50(67)63(8)39(5)55(70)81-49-32-51(68)64(9)46-29-40(28-37(3)52(46)59)27-36(2)15-14-18-48(76-10)58(72)33-47(80-56(71)61-58)38(4)53-57(49,6)82-53/h12-18,28-30,38-39,42,47-49,53,72H,11,19-27,31-35H2,1-10H3,(H,60,69)(H,61,71)(H2,73,74,75)/b18-14+,36-15+/t38-,39+,42+,47+,48-,49+,53?,57+,58-/m1/s1. The number of allylic oxidation sites excluding steroid dienone is 3. The Morgan fingerprint density at radius 1 is 1.04 bits per heavy atom. The number of carbonyl (C=O) groups is 6. The summed E-state index contributed by atoms with van der Waals surface area (Å²) in [6, 6.07) is 12.5. The number of carbonyl (C=O) groups excluding carboxylic acids is 6. The molecule has 3 aromatic rings. The number of ether oxygens (including phenoxy) is 6. The highest BCUT2D eigenvalue weighted by Gasteiger charge is 2.64. The summed E-state index contributed by atoms with van der Waals surface area (Å²) in [4.78, 5) is 105. The molecule has 2 fully saturated rings. The number of para-hydroxylation sites is 1. The van der Waals surface area contributed by atoms with Gasteiger partial charge in [-0.1, -0.05) is 73.5 Å². The van der Waals surface area contributed by atoms with Crippen LogP contribution in [0, 0.1) is 18.8 Å². The highest BCUT2D eigenvalue weighted by atomic mass is 35.5. The van der Waals surface area contributed by atoms with Crippen LogP contribution in [0.5, 0.6) is 0 Å². The molecule has 5 N–H and O–H groups in total. The number of likely N-dealkylation sites (N-methyl/N-ethyl adjacent to an activating group) is 1. The molecule has 23 nitrogen and oxygen atoms in total. The molecule has 4 bridgehead atoms. The summed E-state index contributed by atoms with van der Waals surface area (Å²) < 4.78 is 53.3. The third-order valence-corrected chi connectivity index (χ3v) is 16.6. The number of esters is 1. The number of amides is 4. The molecule has 25 heteroatoms. The van der Waals surface area contributed by atoms with E-state index in [4.69, 9.17) is 40.0 Å². The van der Waals surface area contributed by atoms with E-state index in [2.05, 4.69) is 37.6 Å². The predicted octanol–water partition coefficient (Wildman–Crippen LogP) is 5.54.